The molecule has 0 unspecified atom stereocenters. The van der Waals surface area contributed by atoms with Crippen molar-refractivity contribution in [1.82, 2.24) is 4.90 Å². The molecule has 2 aromatic rings. The largest absolute Gasteiger partial charge is 0.416 e. The summed E-state index contributed by atoms with van der Waals surface area (Å²) >= 11 is 0. The highest BCUT2D eigenvalue weighted by molar-refractivity contribution is 5.79. The Bertz CT molecular complexity index is 911. The number of nitro groups is 1. The Hall–Kier alpha value is -3.10. The van der Waals surface area contributed by atoms with E-state index in [0.717, 1.165) is 17.7 Å². The number of benzene rings is 2. The molecule has 1 amide bonds. The molecule has 0 aromatic heterocycles. The van der Waals surface area contributed by atoms with E-state index in [9.17, 15) is 28.1 Å². The molecule has 0 atom stereocenters. The molecule has 1 fully saturated rings. The van der Waals surface area contributed by atoms with Gasteiger partial charge in [-0.25, -0.2) is 0 Å². The van der Waals surface area contributed by atoms with Crippen LogP contribution in [-0.2, 0) is 17.5 Å². The molecular weight excluding hydrogens is 399 g/mol. The molecule has 0 aliphatic carbocycles. The van der Waals surface area contributed by atoms with Crippen LogP contribution in [0.3, 0.4) is 0 Å². The Morgan fingerprint density at radius 3 is 2.37 bits per heavy atom. The van der Waals surface area contributed by atoms with E-state index in [0.29, 0.717) is 38.5 Å². The molecule has 0 bridgehead atoms. The van der Waals surface area contributed by atoms with Gasteiger partial charge in [-0.2, -0.15) is 13.2 Å². The van der Waals surface area contributed by atoms with Gasteiger partial charge in [0.15, 0.2) is 0 Å². The van der Waals surface area contributed by atoms with E-state index in [-0.39, 0.29) is 17.5 Å². The zero-order chi connectivity index (χ0) is 21.9. The van der Waals surface area contributed by atoms with Gasteiger partial charge in [-0.1, -0.05) is 30.3 Å². The molecular formula is C21H22F3N3O3. The second-order valence-electron chi connectivity index (χ2n) is 7.40. The predicted octanol–water partition coefficient (Wildman–Crippen LogP) is 4.49. The van der Waals surface area contributed by atoms with Gasteiger partial charge in [0.2, 0.25) is 5.91 Å². The standard InChI is InChI=1S/C21H22F3N3O3/c1-25(14-15-5-3-2-4-6-15)20(28)16-9-11-26(12-10-16)18-8-7-17(21(22,23)24)13-19(18)27(29)30/h2-8,13,16H,9-12,14H2,1H3. The van der Waals surface area contributed by atoms with Gasteiger partial charge in [-0.15, -0.1) is 0 Å². The average Bonchev–Trinajstić information content (AvgIpc) is 2.73. The second-order valence-corrected chi connectivity index (χ2v) is 7.40. The van der Waals surface area contributed by atoms with Crippen LogP contribution in [-0.4, -0.2) is 35.9 Å². The molecule has 2 aromatic carbocycles. The Morgan fingerprint density at radius 1 is 1.17 bits per heavy atom. The van der Waals surface area contributed by atoms with Crippen molar-refractivity contribution in [1.29, 1.82) is 0 Å². The molecule has 0 N–H and O–H groups in total. The van der Waals surface area contributed by atoms with E-state index < -0.39 is 22.4 Å². The van der Waals surface area contributed by atoms with E-state index in [1.807, 2.05) is 30.3 Å². The van der Waals surface area contributed by atoms with Crippen molar-refractivity contribution in [2.24, 2.45) is 5.92 Å². The van der Waals surface area contributed by atoms with E-state index in [1.165, 1.54) is 0 Å². The van der Waals surface area contributed by atoms with Crippen LogP contribution in [0, 0.1) is 16.0 Å². The van der Waals surface area contributed by atoms with Gasteiger partial charge >= 0.3 is 6.18 Å². The van der Waals surface area contributed by atoms with Crippen LogP contribution in [0.5, 0.6) is 0 Å². The number of nitro benzene ring substituents is 1. The Balaban J connectivity index is 1.66. The van der Waals surface area contributed by atoms with Gasteiger partial charge in [0, 0.05) is 38.7 Å². The fourth-order valence-electron chi connectivity index (χ4n) is 3.73. The summed E-state index contributed by atoms with van der Waals surface area (Å²) in [5.41, 5.74) is -0.455. The third kappa shape index (κ3) is 4.90. The first-order valence-corrected chi connectivity index (χ1v) is 9.56. The molecule has 160 valence electrons. The highest BCUT2D eigenvalue weighted by Gasteiger charge is 2.35. The van der Waals surface area contributed by atoms with Crippen LogP contribution < -0.4 is 4.90 Å². The van der Waals surface area contributed by atoms with Gasteiger partial charge < -0.3 is 9.80 Å². The molecule has 0 spiro atoms. The number of anilines is 1. The van der Waals surface area contributed by atoms with E-state index in [4.69, 9.17) is 0 Å². The minimum atomic E-state index is -4.65. The predicted molar refractivity (Wildman–Crippen MR) is 106 cm³/mol. The first kappa shape index (κ1) is 21.6. The third-order valence-corrected chi connectivity index (χ3v) is 5.32. The molecule has 1 aliphatic rings. The van der Waals surface area contributed by atoms with Crippen molar-refractivity contribution >= 4 is 17.3 Å². The monoisotopic (exact) mass is 421 g/mol. The lowest BCUT2D eigenvalue weighted by molar-refractivity contribution is -0.384. The van der Waals surface area contributed by atoms with Crippen molar-refractivity contribution in [2.75, 3.05) is 25.0 Å². The number of halogens is 3. The number of carbonyl (C=O) groups excluding carboxylic acids is 1. The zero-order valence-corrected chi connectivity index (χ0v) is 16.4. The number of amides is 1. The fourth-order valence-corrected chi connectivity index (χ4v) is 3.73. The van der Waals surface area contributed by atoms with E-state index in [2.05, 4.69) is 0 Å². The van der Waals surface area contributed by atoms with Crippen molar-refractivity contribution in [3.63, 3.8) is 0 Å². The lowest BCUT2D eigenvalue weighted by Gasteiger charge is -2.34. The fraction of sp³-hybridized carbons (Fsp3) is 0.381. The van der Waals surface area contributed by atoms with Crippen molar-refractivity contribution < 1.29 is 22.9 Å². The summed E-state index contributed by atoms with van der Waals surface area (Å²) in [7, 11) is 1.74. The summed E-state index contributed by atoms with van der Waals surface area (Å²) in [6.45, 7) is 1.22. The van der Waals surface area contributed by atoms with Crippen LogP contribution in [0.2, 0.25) is 0 Å². The quantitative estimate of drug-likeness (QED) is 0.527. The number of rotatable bonds is 5. The summed E-state index contributed by atoms with van der Waals surface area (Å²) in [5, 5.41) is 11.3. The number of carbonyl (C=O) groups is 1. The lowest BCUT2D eigenvalue weighted by Crippen LogP contribution is -2.41. The molecule has 0 radical (unpaired) electrons. The highest BCUT2D eigenvalue weighted by atomic mass is 19.4. The minimum Gasteiger partial charge on any atom is -0.366 e. The van der Waals surface area contributed by atoms with Gasteiger partial charge in [0.1, 0.15) is 5.69 Å². The minimum absolute atomic E-state index is 0.000391. The smallest absolute Gasteiger partial charge is 0.366 e. The second kappa shape index (κ2) is 8.73. The van der Waals surface area contributed by atoms with Crippen molar-refractivity contribution in [3.8, 4) is 0 Å². The Labute approximate surface area is 172 Å². The van der Waals surface area contributed by atoms with Gasteiger partial charge in [0.25, 0.3) is 5.69 Å². The number of hydrogen-bond donors (Lipinski definition) is 0. The Morgan fingerprint density at radius 2 is 1.80 bits per heavy atom. The summed E-state index contributed by atoms with van der Waals surface area (Å²) in [6.07, 6.45) is -3.68. The van der Waals surface area contributed by atoms with Gasteiger partial charge in [0.05, 0.1) is 10.5 Å². The molecule has 0 saturated carbocycles. The van der Waals surface area contributed by atoms with Crippen LogP contribution in [0.15, 0.2) is 48.5 Å². The van der Waals surface area contributed by atoms with Gasteiger partial charge in [-0.3, -0.25) is 14.9 Å². The average molecular weight is 421 g/mol. The van der Waals surface area contributed by atoms with Crippen LogP contribution >= 0.6 is 0 Å². The topological polar surface area (TPSA) is 66.7 Å². The van der Waals surface area contributed by atoms with Crippen LogP contribution in [0.1, 0.15) is 24.0 Å². The summed E-state index contributed by atoms with van der Waals surface area (Å²) in [5.74, 6) is -0.219. The van der Waals surface area contributed by atoms with Crippen LogP contribution in [0.4, 0.5) is 24.5 Å². The first-order chi connectivity index (χ1) is 14.2. The number of piperidine rings is 1. The highest BCUT2D eigenvalue weighted by Crippen LogP contribution is 2.37. The molecule has 3 rings (SSSR count). The molecule has 1 aliphatic heterocycles. The normalized spacial score (nSPS) is 15.1. The first-order valence-electron chi connectivity index (χ1n) is 9.56. The SMILES string of the molecule is CN(Cc1ccccc1)C(=O)C1CCN(c2ccc(C(F)(F)F)cc2[N+](=O)[O-])CC1. The Kier molecular flexibility index (Phi) is 6.28. The van der Waals surface area contributed by atoms with E-state index in [1.54, 1.807) is 16.8 Å². The lowest BCUT2D eigenvalue weighted by atomic mass is 9.94. The molecule has 6 nitrogen and oxygen atoms in total. The summed E-state index contributed by atoms with van der Waals surface area (Å²) in [4.78, 5) is 26.6. The maximum atomic E-state index is 12.9. The maximum absolute atomic E-state index is 12.9. The summed E-state index contributed by atoms with van der Waals surface area (Å²) < 4.78 is 38.7. The zero-order valence-electron chi connectivity index (χ0n) is 16.4. The molecule has 1 heterocycles. The molecule has 9 heteroatoms. The van der Waals surface area contributed by atoms with Crippen molar-refractivity contribution in [2.45, 2.75) is 25.6 Å². The third-order valence-electron chi connectivity index (χ3n) is 5.32. The molecule has 1 saturated heterocycles. The summed E-state index contributed by atoms with van der Waals surface area (Å²) in [6, 6.07) is 12.2. The van der Waals surface area contributed by atoms with Crippen molar-refractivity contribution in [3.05, 3.63) is 69.8 Å². The van der Waals surface area contributed by atoms with Crippen LogP contribution in [0.25, 0.3) is 0 Å². The number of nitrogens with zero attached hydrogens (tertiary/aromatic N) is 3. The maximum Gasteiger partial charge on any atom is 0.416 e. The molecule has 30 heavy (non-hydrogen) atoms. The van der Waals surface area contributed by atoms with Gasteiger partial charge in [-0.05, 0) is 30.5 Å². The number of alkyl halides is 3. The van der Waals surface area contributed by atoms with E-state index >= 15 is 0 Å². The number of hydrogen-bond acceptors (Lipinski definition) is 4.